The molecule has 8 nitrogen and oxygen atoms in total. The molecule has 0 aliphatic carbocycles. The summed E-state index contributed by atoms with van der Waals surface area (Å²) in [7, 11) is 1.53. The molecule has 1 aromatic rings. The van der Waals surface area contributed by atoms with E-state index in [-0.39, 0.29) is 5.91 Å². The summed E-state index contributed by atoms with van der Waals surface area (Å²) in [5.41, 5.74) is -1.21. The SMILES string of the molecule is CCCCC(C)(Oc1ccccc1OC)C(=O)N[C@@H]1C(=O)N2[C@@H]1SC(C)(C)[C@@H]2C(=O)O. The highest BCUT2D eigenvalue weighted by Gasteiger charge is 2.64. The molecule has 1 aromatic carbocycles. The number of rotatable bonds is 9. The smallest absolute Gasteiger partial charge is 0.327 e. The summed E-state index contributed by atoms with van der Waals surface area (Å²) < 4.78 is 10.8. The quantitative estimate of drug-likeness (QED) is 0.557. The number of methoxy groups -OCH3 is 1. The summed E-state index contributed by atoms with van der Waals surface area (Å²) in [5.74, 6) is -0.852. The number of para-hydroxylation sites is 2. The van der Waals surface area contributed by atoms with Gasteiger partial charge >= 0.3 is 5.97 Å². The number of unbranched alkanes of at least 4 members (excludes halogenated alkanes) is 1. The van der Waals surface area contributed by atoms with Gasteiger partial charge in [0.1, 0.15) is 17.5 Å². The van der Waals surface area contributed by atoms with Gasteiger partial charge in [0, 0.05) is 4.75 Å². The zero-order valence-corrected chi connectivity index (χ0v) is 19.3. The lowest BCUT2D eigenvalue weighted by atomic mass is 9.94. The topological polar surface area (TPSA) is 105 Å². The van der Waals surface area contributed by atoms with Crippen molar-refractivity contribution in [3.05, 3.63) is 24.3 Å². The van der Waals surface area contributed by atoms with Gasteiger partial charge in [-0.3, -0.25) is 9.59 Å². The van der Waals surface area contributed by atoms with Gasteiger partial charge in [0.25, 0.3) is 5.91 Å². The number of carboxylic acid groups (broad SMARTS) is 1. The number of carbonyl (C=O) groups is 3. The summed E-state index contributed by atoms with van der Waals surface area (Å²) in [5, 5.41) is 12.0. The maximum absolute atomic E-state index is 13.3. The van der Waals surface area contributed by atoms with E-state index in [1.165, 1.54) is 23.8 Å². The first-order chi connectivity index (χ1) is 14.6. The third-order valence-electron chi connectivity index (χ3n) is 5.85. The number of nitrogens with zero attached hydrogens (tertiary/aromatic N) is 1. The van der Waals surface area contributed by atoms with Crippen molar-refractivity contribution in [2.45, 2.75) is 74.8 Å². The third kappa shape index (κ3) is 4.20. The van der Waals surface area contributed by atoms with Crippen LogP contribution in [0.5, 0.6) is 11.5 Å². The first-order valence-corrected chi connectivity index (χ1v) is 11.3. The number of hydrogen-bond donors (Lipinski definition) is 2. The number of ether oxygens (including phenoxy) is 2. The van der Waals surface area contributed by atoms with Crippen molar-refractivity contribution < 1.29 is 29.0 Å². The number of fused-ring (bicyclic) bond motifs is 1. The van der Waals surface area contributed by atoms with Crippen molar-refractivity contribution in [1.29, 1.82) is 0 Å². The van der Waals surface area contributed by atoms with Crippen molar-refractivity contribution in [3.63, 3.8) is 0 Å². The van der Waals surface area contributed by atoms with E-state index in [0.717, 1.165) is 12.8 Å². The molecule has 0 radical (unpaired) electrons. The van der Waals surface area contributed by atoms with E-state index in [2.05, 4.69) is 5.32 Å². The van der Waals surface area contributed by atoms with Crippen LogP contribution in [0.4, 0.5) is 0 Å². The first kappa shape index (κ1) is 23.2. The fourth-order valence-corrected chi connectivity index (χ4v) is 5.74. The van der Waals surface area contributed by atoms with E-state index in [1.807, 2.05) is 13.0 Å². The molecule has 2 heterocycles. The summed E-state index contributed by atoms with van der Waals surface area (Å²) in [4.78, 5) is 39.1. The number of amides is 2. The Labute approximate surface area is 186 Å². The van der Waals surface area contributed by atoms with Crippen LogP contribution in [-0.2, 0) is 14.4 Å². The minimum absolute atomic E-state index is 0.376. The molecule has 0 aromatic heterocycles. The van der Waals surface area contributed by atoms with Crippen molar-refractivity contribution in [3.8, 4) is 11.5 Å². The van der Waals surface area contributed by atoms with Gasteiger partial charge in [0.2, 0.25) is 5.91 Å². The van der Waals surface area contributed by atoms with Gasteiger partial charge in [-0.25, -0.2) is 4.79 Å². The van der Waals surface area contributed by atoms with Gasteiger partial charge in [0.15, 0.2) is 17.1 Å². The van der Waals surface area contributed by atoms with E-state index in [9.17, 15) is 19.5 Å². The second kappa shape index (κ2) is 8.61. The molecule has 2 fully saturated rings. The van der Waals surface area contributed by atoms with Crippen LogP contribution in [0, 0.1) is 0 Å². The van der Waals surface area contributed by atoms with Crippen molar-refractivity contribution in [2.75, 3.05) is 7.11 Å². The average molecular weight is 451 g/mol. The molecule has 2 N–H and O–H groups in total. The molecule has 170 valence electrons. The number of nitrogens with one attached hydrogen (secondary N) is 1. The highest BCUT2D eigenvalue weighted by Crippen LogP contribution is 2.50. The molecule has 31 heavy (non-hydrogen) atoms. The maximum atomic E-state index is 13.3. The average Bonchev–Trinajstić information content (AvgIpc) is 2.98. The molecule has 2 saturated heterocycles. The van der Waals surface area contributed by atoms with E-state index in [1.54, 1.807) is 39.0 Å². The Morgan fingerprint density at radius 3 is 2.52 bits per heavy atom. The number of benzene rings is 1. The van der Waals surface area contributed by atoms with Crippen LogP contribution >= 0.6 is 11.8 Å². The van der Waals surface area contributed by atoms with Gasteiger partial charge in [0.05, 0.1) is 7.11 Å². The fraction of sp³-hybridized carbons (Fsp3) is 0.591. The Bertz CT molecular complexity index is 875. The van der Waals surface area contributed by atoms with E-state index < -0.39 is 39.7 Å². The molecule has 0 saturated carbocycles. The largest absolute Gasteiger partial charge is 0.493 e. The van der Waals surface area contributed by atoms with Crippen molar-refractivity contribution in [2.24, 2.45) is 0 Å². The maximum Gasteiger partial charge on any atom is 0.327 e. The lowest BCUT2D eigenvalue weighted by molar-refractivity contribution is -0.162. The van der Waals surface area contributed by atoms with Crippen LogP contribution < -0.4 is 14.8 Å². The van der Waals surface area contributed by atoms with E-state index in [4.69, 9.17) is 9.47 Å². The molecule has 4 atom stereocenters. The summed E-state index contributed by atoms with van der Waals surface area (Å²) >= 11 is 1.40. The minimum atomic E-state index is -1.21. The van der Waals surface area contributed by atoms with E-state index >= 15 is 0 Å². The molecule has 1 unspecified atom stereocenters. The Morgan fingerprint density at radius 2 is 1.94 bits per heavy atom. The predicted octanol–water partition coefficient (Wildman–Crippen LogP) is 2.65. The molecule has 2 aliphatic rings. The Hall–Kier alpha value is -2.42. The Morgan fingerprint density at radius 1 is 1.29 bits per heavy atom. The van der Waals surface area contributed by atoms with Gasteiger partial charge < -0.3 is 24.8 Å². The van der Waals surface area contributed by atoms with Crippen LogP contribution in [-0.4, -0.2) is 62.7 Å². The highest BCUT2D eigenvalue weighted by molar-refractivity contribution is 8.01. The summed E-state index contributed by atoms with van der Waals surface area (Å²) in [6.07, 6.45) is 2.09. The minimum Gasteiger partial charge on any atom is -0.493 e. The number of carbonyl (C=O) groups excluding carboxylic acids is 2. The number of aliphatic carboxylic acids is 1. The zero-order valence-electron chi connectivity index (χ0n) is 18.5. The summed E-state index contributed by atoms with van der Waals surface area (Å²) in [6, 6.07) is 5.41. The second-order valence-electron chi connectivity index (χ2n) is 8.64. The predicted molar refractivity (Wildman–Crippen MR) is 117 cm³/mol. The second-order valence-corrected chi connectivity index (χ2v) is 10.4. The summed E-state index contributed by atoms with van der Waals surface area (Å²) in [6.45, 7) is 7.34. The van der Waals surface area contributed by atoms with Gasteiger partial charge in [-0.1, -0.05) is 25.5 Å². The number of hydrogen-bond acceptors (Lipinski definition) is 6. The molecule has 2 amide bonds. The monoisotopic (exact) mass is 450 g/mol. The molecular formula is C22H30N2O6S. The highest BCUT2D eigenvalue weighted by atomic mass is 32.2. The first-order valence-electron chi connectivity index (χ1n) is 10.4. The molecule has 9 heteroatoms. The molecule has 0 bridgehead atoms. The lowest BCUT2D eigenvalue weighted by Crippen LogP contribution is -2.72. The van der Waals surface area contributed by atoms with Gasteiger partial charge in [-0.2, -0.15) is 0 Å². The third-order valence-corrected chi connectivity index (χ3v) is 7.43. The number of carboxylic acids is 1. The lowest BCUT2D eigenvalue weighted by Gasteiger charge is -2.44. The van der Waals surface area contributed by atoms with Crippen LogP contribution in [0.2, 0.25) is 0 Å². The Kier molecular flexibility index (Phi) is 6.45. The van der Waals surface area contributed by atoms with Crippen molar-refractivity contribution in [1.82, 2.24) is 10.2 Å². The molecule has 3 rings (SSSR count). The zero-order chi connectivity index (χ0) is 23.0. The number of thioether (sulfide) groups is 1. The normalized spacial score (nSPS) is 25.8. The molecule has 0 spiro atoms. The van der Waals surface area contributed by atoms with E-state index in [0.29, 0.717) is 17.9 Å². The van der Waals surface area contributed by atoms with Crippen LogP contribution in [0.3, 0.4) is 0 Å². The van der Waals surface area contributed by atoms with Crippen LogP contribution in [0.25, 0.3) is 0 Å². The van der Waals surface area contributed by atoms with Crippen LogP contribution in [0.1, 0.15) is 47.0 Å². The molecule has 2 aliphatic heterocycles. The Balaban J connectivity index is 1.79. The van der Waals surface area contributed by atoms with Gasteiger partial charge in [-0.15, -0.1) is 11.8 Å². The standard InChI is InChI=1S/C22H30N2O6S/c1-6-7-12-22(4,30-14-11-9-8-10-13(14)29-5)20(28)23-15-17(25)24-16(19(26)27)21(2,3)31-18(15)24/h8-11,15-16,18H,6-7,12H2,1-5H3,(H,23,28)(H,26,27)/t15-,16+,18-,22?/m1/s1. The molecular weight excluding hydrogens is 420 g/mol. The van der Waals surface area contributed by atoms with Gasteiger partial charge in [-0.05, 0) is 45.7 Å². The van der Waals surface area contributed by atoms with Crippen LogP contribution in [0.15, 0.2) is 24.3 Å². The van der Waals surface area contributed by atoms with Crippen molar-refractivity contribution >= 4 is 29.5 Å². The number of β-lactam (4-membered cyclic amide) rings is 1. The fourth-order valence-electron chi connectivity index (χ4n) is 4.11.